The van der Waals surface area contributed by atoms with Gasteiger partial charge >= 0.3 is 0 Å². The Bertz CT molecular complexity index is 646. The van der Waals surface area contributed by atoms with Gasteiger partial charge < -0.3 is 9.47 Å². The molecule has 0 bridgehead atoms. The number of fused-ring (bicyclic) bond motifs is 1. The number of ether oxygens (including phenoxy) is 2. The van der Waals surface area contributed by atoms with Crippen LogP contribution in [0.3, 0.4) is 0 Å². The second-order valence-corrected chi connectivity index (χ2v) is 6.62. The summed E-state index contributed by atoms with van der Waals surface area (Å²) in [5.74, 6) is 1.59. The monoisotopic (exact) mass is 416 g/mol. The molecule has 5 heteroatoms. The third-order valence-electron chi connectivity index (χ3n) is 3.10. The molecule has 1 aliphatic heterocycles. The third kappa shape index (κ3) is 2.83. The minimum absolute atomic E-state index is 0.0592. The molecule has 20 heavy (non-hydrogen) atoms. The molecule has 2 aromatic rings. The summed E-state index contributed by atoms with van der Waals surface area (Å²) in [5.41, 5.74) is 2.20. The Kier molecular flexibility index (Phi) is 4.24. The molecule has 0 aliphatic carbocycles. The van der Waals surface area contributed by atoms with Crippen molar-refractivity contribution in [2.24, 2.45) is 0 Å². The summed E-state index contributed by atoms with van der Waals surface area (Å²) in [6.45, 7) is 1.19. The van der Waals surface area contributed by atoms with Gasteiger partial charge in [-0.05, 0) is 51.3 Å². The Morgan fingerprint density at radius 2 is 1.60 bits per heavy atom. The van der Waals surface area contributed by atoms with Crippen LogP contribution in [0.1, 0.15) is 16.0 Å². The third-order valence-corrected chi connectivity index (χ3v) is 5.39. The van der Waals surface area contributed by atoms with Gasteiger partial charge in [-0.1, -0.05) is 39.7 Å². The van der Waals surface area contributed by atoms with E-state index in [1.54, 1.807) is 0 Å². The van der Waals surface area contributed by atoms with E-state index in [0.717, 1.165) is 27.1 Å². The Hall–Kier alpha value is -0.710. The second-order valence-electron chi connectivity index (χ2n) is 4.44. The highest BCUT2D eigenvalue weighted by Gasteiger charge is 2.17. The van der Waals surface area contributed by atoms with Crippen LogP contribution in [0.25, 0.3) is 0 Å². The van der Waals surface area contributed by atoms with Crippen LogP contribution in [-0.2, 0) is 0 Å². The van der Waals surface area contributed by atoms with E-state index in [2.05, 4.69) is 31.9 Å². The van der Waals surface area contributed by atoms with Crippen molar-refractivity contribution in [3.8, 4) is 11.5 Å². The fourth-order valence-electron chi connectivity index (χ4n) is 2.08. The molecule has 2 aromatic carbocycles. The zero-order valence-corrected chi connectivity index (χ0v) is 14.3. The molecule has 0 saturated heterocycles. The Morgan fingerprint density at radius 3 is 2.35 bits per heavy atom. The average molecular weight is 419 g/mol. The van der Waals surface area contributed by atoms with E-state index in [-0.39, 0.29) is 4.83 Å². The Morgan fingerprint density at radius 1 is 0.950 bits per heavy atom. The van der Waals surface area contributed by atoms with Gasteiger partial charge in [0, 0.05) is 4.47 Å². The lowest BCUT2D eigenvalue weighted by molar-refractivity contribution is 0.171. The Balaban J connectivity index is 1.93. The lowest BCUT2D eigenvalue weighted by Gasteiger charge is -2.20. The first-order chi connectivity index (χ1) is 9.65. The molecule has 3 rings (SSSR count). The minimum atomic E-state index is 0.0592. The summed E-state index contributed by atoms with van der Waals surface area (Å²) in [7, 11) is 0. The van der Waals surface area contributed by atoms with Gasteiger partial charge in [-0.25, -0.2) is 0 Å². The molecule has 1 aliphatic rings. The van der Waals surface area contributed by atoms with Crippen molar-refractivity contribution in [2.45, 2.75) is 4.83 Å². The zero-order valence-electron chi connectivity index (χ0n) is 10.4. The predicted molar refractivity (Wildman–Crippen MR) is 87.4 cm³/mol. The summed E-state index contributed by atoms with van der Waals surface area (Å²) in [6.07, 6.45) is 0. The van der Waals surface area contributed by atoms with Crippen molar-refractivity contribution in [3.05, 3.63) is 57.0 Å². The minimum Gasteiger partial charge on any atom is -0.486 e. The standard InChI is InChI=1S/C15H11Br2ClO2/c16-11-3-1-9(7-12(11)18)15(17)10-2-4-13-14(8-10)20-6-5-19-13/h1-4,7-8,15H,5-6H2. The summed E-state index contributed by atoms with van der Waals surface area (Å²) in [4.78, 5) is 0.0592. The van der Waals surface area contributed by atoms with Gasteiger partial charge in [0.25, 0.3) is 0 Å². The van der Waals surface area contributed by atoms with Crippen molar-refractivity contribution in [3.63, 3.8) is 0 Å². The smallest absolute Gasteiger partial charge is 0.161 e. The molecule has 0 spiro atoms. The average Bonchev–Trinajstić information content (AvgIpc) is 2.49. The summed E-state index contributed by atoms with van der Waals surface area (Å²) < 4.78 is 12.0. The normalized spacial score (nSPS) is 14.9. The van der Waals surface area contributed by atoms with E-state index < -0.39 is 0 Å². The maximum Gasteiger partial charge on any atom is 0.161 e. The lowest BCUT2D eigenvalue weighted by Crippen LogP contribution is -2.15. The maximum absolute atomic E-state index is 6.15. The van der Waals surface area contributed by atoms with E-state index in [9.17, 15) is 0 Å². The lowest BCUT2D eigenvalue weighted by atomic mass is 10.0. The summed E-state index contributed by atoms with van der Waals surface area (Å²) in [5, 5.41) is 0.699. The van der Waals surface area contributed by atoms with E-state index in [0.29, 0.717) is 18.2 Å². The van der Waals surface area contributed by atoms with Crippen molar-refractivity contribution in [1.29, 1.82) is 0 Å². The molecule has 104 valence electrons. The number of hydrogen-bond acceptors (Lipinski definition) is 2. The summed E-state index contributed by atoms with van der Waals surface area (Å²) >= 11 is 13.3. The van der Waals surface area contributed by atoms with Gasteiger partial charge in [0.1, 0.15) is 13.2 Å². The van der Waals surface area contributed by atoms with Crippen LogP contribution in [0, 0.1) is 0 Å². The SMILES string of the molecule is Clc1cc(C(Br)c2ccc3c(c2)OCCO3)ccc1Br. The topological polar surface area (TPSA) is 18.5 Å². The predicted octanol–water partition coefficient (Wildman–Crippen LogP) is 5.36. The molecule has 1 heterocycles. The number of halogens is 3. The highest BCUT2D eigenvalue weighted by Crippen LogP contribution is 2.39. The first-order valence-electron chi connectivity index (χ1n) is 6.14. The van der Waals surface area contributed by atoms with Gasteiger partial charge in [0.2, 0.25) is 0 Å². The van der Waals surface area contributed by atoms with Gasteiger partial charge in [-0.15, -0.1) is 0 Å². The second kappa shape index (κ2) is 5.96. The van der Waals surface area contributed by atoms with Crippen LogP contribution in [0.2, 0.25) is 5.02 Å². The molecule has 0 N–H and O–H groups in total. The molecule has 0 radical (unpaired) electrons. The Labute approximate surface area is 139 Å². The van der Waals surface area contributed by atoms with Crippen molar-refractivity contribution in [1.82, 2.24) is 0 Å². The van der Waals surface area contributed by atoms with E-state index in [1.165, 1.54) is 0 Å². The molecule has 1 atom stereocenters. The van der Waals surface area contributed by atoms with E-state index in [1.807, 2.05) is 36.4 Å². The van der Waals surface area contributed by atoms with Gasteiger partial charge in [0.05, 0.1) is 9.85 Å². The molecule has 0 aromatic heterocycles. The first-order valence-corrected chi connectivity index (χ1v) is 8.22. The van der Waals surface area contributed by atoms with Crippen molar-refractivity contribution < 1.29 is 9.47 Å². The molecular weight excluding hydrogens is 407 g/mol. The highest BCUT2D eigenvalue weighted by atomic mass is 79.9. The summed E-state index contributed by atoms with van der Waals surface area (Å²) in [6, 6.07) is 11.9. The molecule has 0 amide bonds. The highest BCUT2D eigenvalue weighted by molar-refractivity contribution is 9.10. The van der Waals surface area contributed by atoms with Gasteiger partial charge in [-0.3, -0.25) is 0 Å². The van der Waals surface area contributed by atoms with E-state index in [4.69, 9.17) is 21.1 Å². The molecule has 0 fully saturated rings. The number of alkyl halides is 1. The van der Waals surface area contributed by atoms with Crippen molar-refractivity contribution in [2.75, 3.05) is 13.2 Å². The number of rotatable bonds is 2. The molecule has 2 nitrogen and oxygen atoms in total. The van der Waals surface area contributed by atoms with E-state index >= 15 is 0 Å². The largest absolute Gasteiger partial charge is 0.486 e. The van der Waals surface area contributed by atoms with Crippen LogP contribution in [0.4, 0.5) is 0 Å². The molecule has 0 saturated carbocycles. The number of benzene rings is 2. The maximum atomic E-state index is 6.15. The van der Waals surface area contributed by atoms with Gasteiger partial charge in [-0.2, -0.15) is 0 Å². The fraction of sp³-hybridized carbons (Fsp3) is 0.200. The number of hydrogen-bond donors (Lipinski definition) is 0. The van der Waals surface area contributed by atoms with Crippen LogP contribution >= 0.6 is 43.5 Å². The van der Waals surface area contributed by atoms with Crippen LogP contribution in [-0.4, -0.2) is 13.2 Å². The van der Waals surface area contributed by atoms with Crippen molar-refractivity contribution >= 4 is 43.5 Å². The molecule has 1 unspecified atom stereocenters. The van der Waals surface area contributed by atoms with Crippen LogP contribution < -0.4 is 9.47 Å². The van der Waals surface area contributed by atoms with Gasteiger partial charge in [0.15, 0.2) is 11.5 Å². The first kappa shape index (κ1) is 14.2. The fourth-order valence-corrected chi connectivity index (χ4v) is 3.09. The van der Waals surface area contributed by atoms with Crippen LogP contribution in [0.5, 0.6) is 11.5 Å². The quantitative estimate of drug-likeness (QED) is 0.612. The molecular formula is C15H11Br2ClO2. The van der Waals surface area contributed by atoms with Crippen LogP contribution in [0.15, 0.2) is 40.9 Å². The zero-order chi connectivity index (χ0) is 14.1.